The van der Waals surface area contributed by atoms with Crippen LogP contribution in [0.2, 0.25) is 10.0 Å². The molecule has 0 fully saturated rings. The molecule has 0 aromatic heterocycles. The highest BCUT2D eigenvalue weighted by molar-refractivity contribution is 6.36. The van der Waals surface area contributed by atoms with Crippen molar-refractivity contribution in [3.63, 3.8) is 0 Å². The first-order chi connectivity index (χ1) is 9.43. The smallest absolute Gasteiger partial charge is 0.178 e. The van der Waals surface area contributed by atoms with Gasteiger partial charge in [-0.1, -0.05) is 30.1 Å². The number of carbonyl (C=O) groups is 1. The molecule has 0 heterocycles. The van der Waals surface area contributed by atoms with Crippen LogP contribution in [0, 0.1) is 0 Å². The molecule has 0 unspecified atom stereocenters. The third-order valence-electron chi connectivity index (χ3n) is 3.00. The van der Waals surface area contributed by atoms with Crippen molar-refractivity contribution in [3.8, 4) is 0 Å². The quantitative estimate of drug-likeness (QED) is 0.686. The zero-order valence-electron chi connectivity index (χ0n) is 12.3. The highest BCUT2D eigenvalue weighted by Crippen LogP contribution is 2.21. The summed E-state index contributed by atoms with van der Waals surface area (Å²) in [6.45, 7) is 5.18. The average molecular weight is 317 g/mol. The van der Waals surface area contributed by atoms with Crippen LogP contribution in [0.4, 0.5) is 0 Å². The molecule has 5 heteroatoms. The van der Waals surface area contributed by atoms with Crippen molar-refractivity contribution in [3.05, 3.63) is 33.8 Å². The maximum atomic E-state index is 12.3. The number of hydrogen-bond donors (Lipinski definition) is 0. The minimum Gasteiger partial charge on any atom is -0.308 e. The van der Waals surface area contributed by atoms with Gasteiger partial charge in [0.05, 0.1) is 11.6 Å². The Hall–Kier alpha value is -0.610. The van der Waals surface area contributed by atoms with Gasteiger partial charge < -0.3 is 4.90 Å². The molecule has 1 rings (SSSR count). The highest BCUT2D eigenvalue weighted by atomic mass is 35.5. The van der Waals surface area contributed by atoms with E-state index in [1.165, 1.54) is 0 Å². The van der Waals surface area contributed by atoms with Crippen LogP contribution in [0.3, 0.4) is 0 Å². The third kappa shape index (κ3) is 5.80. The van der Waals surface area contributed by atoms with Crippen LogP contribution in [0.1, 0.15) is 23.7 Å². The van der Waals surface area contributed by atoms with E-state index in [0.717, 1.165) is 26.1 Å². The normalized spacial score (nSPS) is 11.3. The number of Topliss-reactive ketones (excluding diaryl/α,β-unsaturated/α-hetero) is 1. The predicted octanol–water partition coefficient (Wildman–Crippen LogP) is 3.45. The molecule has 0 N–H and O–H groups in total. The van der Waals surface area contributed by atoms with Crippen molar-refractivity contribution in [1.29, 1.82) is 0 Å². The van der Waals surface area contributed by atoms with Crippen LogP contribution < -0.4 is 0 Å². The van der Waals surface area contributed by atoms with E-state index in [0.29, 0.717) is 22.2 Å². The van der Waals surface area contributed by atoms with Crippen molar-refractivity contribution < 1.29 is 4.79 Å². The molecule has 0 aliphatic heterocycles. The van der Waals surface area contributed by atoms with Crippen LogP contribution in [0.25, 0.3) is 0 Å². The van der Waals surface area contributed by atoms with Gasteiger partial charge in [-0.05, 0) is 45.3 Å². The standard InChI is InChI=1S/C15H22Cl2N2O/c1-4-7-19(9-8-18(2)3)11-15(20)13-10-12(16)5-6-14(13)17/h5-6,10H,4,7-9,11H2,1-3H3. The van der Waals surface area contributed by atoms with Gasteiger partial charge in [-0.3, -0.25) is 9.69 Å². The summed E-state index contributed by atoms with van der Waals surface area (Å²) in [5, 5.41) is 0.997. The van der Waals surface area contributed by atoms with E-state index in [1.807, 2.05) is 14.1 Å². The minimum absolute atomic E-state index is 0.0182. The van der Waals surface area contributed by atoms with Gasteiger partial charge in [0.2, 0.25) is 0 Å². The zero-order chi connectivity index (χ0) is 15.1. The molecule has 3 nitrogen and oxygen atoms in total. The zero-order valence-corrected chi connectivity index (χ0v) is 13.8. The molecule has 0 atom stereocenters. The van der Waals surface area contributed by atoms with Gasteiger partial charge in [0.1, 0.15) is 0 Å². The summed E-state index contributed by atoms with van der Waals surface area (Å²) in [6, 6.07) is 5.00. The van der Waals surface area contributed by atoms with Gasteiger partial charge in [0, 0.05) is 23.7 Å². The molecule has 1 aromatic rings. The first-order valence-electron chi connectivity index (χ1n) is 6.79. The van der Waals surface area contributed by atoms with E-state index in [9.17, 15) is 4.79 Å². The Morgan fingerprint density at radius 3 is 2.45 bits per heavy atom. The molecule has 0 saturated carbocycles. The summed E-state index contributed by atoms with van der Waals surface area (Å²) in [6.07, 6.45) is 1.02. The van der Waals surface area contributed by atoms with Crippen LogP contribution in [0.5, 0.6) is 0 Å². The molecule has 0 saturated heterocycles. The van der Waals surface area contributed by atoms with Gasteiger partial charge in [-0.2, -0.15) is 0 Å². The maximum absolute atomic E-state index is 12.3. The summed E-state index contributed by atoms with van der Waals surface area (Å²) >= 11 is 12.0. The van der Waals surface area contributed by atoms with E-state index in [1.54, 1.807) is 18.2 Å². The number of likely N-dealkylation sites (N-methyl/N-ethyl adjacent to an activating group) is 1. The molecular weight excluding hydrogens is 295 g/mol. The molecule has 0 aliphatic carbocycles. The van der Waals surface area contributed by atoms with E-state index in [2.05, 4.69) is 16.7 Å². The van der Waals surface area contributed by atoms with E-state index in [4.69, 9.17) is 23.2 Å². The number of hydrogen-bond acceptors (Lipinski definition) is 3. The second-order valence-corrected chi connectivity index (χ2v) is 5.97. The number of rotatable bonds is 8. The van der Waals surface area contributed by atoms with Crippen LogP contribution in [-0.2, 0) is 0 Å². The van der Waals surface area contributed by atoms with Gasteiger partial charge in [0.25, 0.3) is 0 Å². The van der Waals surface area contributed by atoms with Crippen molar-refractivity contribution in [1.82, 2.24) is 9.80 Å². The van der Waals surface area contributed by atoms with Crippen LogP contribution >= 0.6 is 23.2 Å². The second kappa shape index (κ2) is 8.63. The van der Waals surface area contributed by atoms with Gasteiger partial charge >= 0.3 is 0 Å². The molecule has 112 valence electrons. The fourth-order valence-corrected chi connectivity index (χ4v) is 2.32. The summed E-state index contributed by atoms with van der Waals surface area (Å²) in [5.74, 6) is 0.0182. The summed E-state index contributed by atoms with van der Waals surface area (Å²) < 4.78 is 0. The van der Waals surface area contributed by atoms with Gasteiger partial charge in [-0.15, -0.1) is 0 Å². The Kier molecular flexibility index (Phi) is 7.52. The average Bonchev–Trinajstić information content (AvgIpc) is 2.38. The Balaban J connectivity index is 2.71. The number of halogens is 2. The molecule has 0 aliphatic rings. The Labute approximate surface area is 131 Å². The van der Waals surface area contributed by atoms with Crippen molar-refractivity contribution in [2.75, 3.05) is 40.3 Å². The van der Waals surface area contributed by atoms with E-state index >= 15 is 0 Å². The van der Waals surface area contributed by atoms with Crippen molar-refractivity contribution in [2.24, 2.45) is 0 Å². The maximum Gasteiger partial charge on any atom is 0.178 e. The van der Waals surface area contributed by atoms with Gasteiger partial charge in [0.15, 0.2) is 5.78 Å². The number of benzene rings is 1. The minimum atomic E-state index is 0.0182. The lowest BCUT2D eigenvalue weighted by atomic mass is 10.1. The Morgan fingerprint density at radius 1 is 1.15 bits per heavy atom. The molecule has 0 radical (unpaired) electrons. The third-order valence-corrected chi connectivity index (χ3v) is 3.56. The lowest BCUT2D eigenvalue weighted by Crippen LogP contribution is -2.36. The first kappa shape index (κ1) is 17.4. The first-order valence-corrected chi connectivity index (χ1v) is 7.55. The van der Waals surface area contributed by atoms with Crippen LogP contribution in [0.15, 0.2) is 18.2 Å². The van der Waals surface area contributed by atoms with Crippen LogP contribution in [-0.4, -0.2) is 55.9 Å². The lowest BCUT2D eigenvalue weighted by Gasteiger charge is -2.23. The SMILES string of the molecule is CCCN(CCN(C)C)CC(=O)c1cc(Cl)ccc1Cl. The van der Waals surface area contributed by atoms with Gasteiger partial charge in [-0.25, -0.2) is 0 Å². The van der Waals surface area contributed by atoms with Crippen molar-refractivity contribution in [2.45, 2.75) is 13.3 Å². The fraction of sp³-hybridized carbons (Fsp3) is 0.533. The van der Waals surface area contributed by atoms with E-state index in [-0.39, 0.29) is 5.78 Å². The van der Waals surface area contributed by atoms with E-state index < -0.39 is 0 Å². The Morgan fingerprint density at radius 2 is 1.85 bits per heavy atom. The molecule has 1 aromatic carbocycles. The fourth-order valence-electron chi connectivity index (χ4n) is 1.93. The number of ketones is 1. The second-order valence-electron chi connectivity index (χ2n) is 5.13. The van der Waals surface area contributed by atoms with Crippen molar-refractivity contribution >= 4 is 29.0 Å². The summed E-state index contributed by atoms with van der Waals surface area (Å²) in [7, 11) is 4.06. The molecular formula is C15H22Cl2N2O. The Bertz CT molecular complexity index is 449. The monoisotopic (exact) mass is 316 g/mol. The highest BCUT2D eigenvalue weighted by Gasteiger charge is 2.15. The molecule has 0 spiro atoms. The lowest BCUT2D eigenvalue weighted by molar-refractivity contribution is 0.0925. The molecule has 0 bridgehead atoms. The summed E-state index contributed by atoms with van der Waals surface area (Å²) in [5.41, 5.74) is 0.505. The molecule has 0 amide bonds. The largest absolute Gasteiger partial charge is 0.308 e. The number of carbonyl (C=O) groups excluding carboxylic acids is 1. The summed E-state index contributed by atoms with van der Waals surface area (Å²) in [4.78, 5) is 16.6. The molecule has 20 heavy (non-hydrogen) atoms. The topological polar surface area (TPSA) is 23.6 Å². The number of nitrogens with zero attached hydrogens (tertiary/aromatic N) is 2. The predicted molar refractivity (Wildman–Crippen MR) is 86.1 cm³/mol.